The van der Waals surface area contributed by atoms with Crippen molar-refractivity contribution in [2.24, 2.45) is 0 Å². The first kappa shape index (κ1) is 28.2. The number of hydrogen-bond donors (Lipinski definition) is 3. The largest absolute Gasteiger partial charge is 0.481 e. The summed E-state index contributed by atoms with van der Waals surface area (Å²) in [7, 11) is 0. The Bertz CT molecular complexity index is 1270. The topological polar surface area (TPSA) is 134 Å². The van der Waals surface area contributed by atoms with Crippen LogP contribution in [0, 0.1) is 17.5 Å². The summed E-state index contributed by atoms with van der Waals surface area (Å²) in [5.74, 6) is -3.84. The standard InChI is InChI=1S/C25H25F3N4O6/c1-15(33)32(29-13-17-4-2-6-20(27)24(17)28)19(5-3-7-23(34)35)14-37-25(36)30-22-12-21(38-31-22)16-8-10-18(26)11-9-16/h2,4,6,8-12,19,29H,3,5,7,13-14H2,1H3,(H,34,35)(H,30,31,36)/t19-/m0/s1. The molecule has 0 spiro atoms. The van der Waals surface area contributed by atoms with Crippen molar-refractivity contribution in [3.05, 3.63) is 71.5 Å². The first-order chi connectivity index (χ1) is 18.1. The van der Waals surface area contributed by atoms with Gasteiger partial charge in [0.1, 0.15) is 12.4 Å². The minimum absolute atomic E-state index is 0.0138. The van der Waals surface area contributed by atoms with Gasteiger partial charge in [-0.2, -0.15) is 0 Å². The van der Waals surface area contributed by atoms with Crippen LogP contribution in [-0.4, -0.2) is 45.9 Å². The third kappa shape index (κ3) is 8.06. The quantitative estimate of drug-likeness (QED) is 0.290. The number of carboxylic acids is 1. The van der Waals surface area contributed by atoms with Gasteiger partial charge < -0.3 is 14.4 Å². The summed E-state index contributed by atoms with van der Waals surface area (Å²) < 4.78 is 51.1. The second-order valence-corrected chi connectivity index (χ2v) is 8.18. The molecule has 3 N–H and O–H groups in total. The molecule has 0 saturated carbocycles. The van der Waals surface area contributed by atoms with Crippen molar-refractivity contribution < 1.29 is 41.9 Å². The fourth-order valence-electron chi connectivity index (χ4n) is 3.53. The van der Waals surface area contributed by atoms with Gasteiger partial charge >= 0.3 is 12.1 Å². The normalized spacial score (nSPS) is 11.6. The summed E-state index contributed by atoms with van der Waals surface area (Å²) in [6, 6.07) is 9.60. The molecule has 2 amide bonds. The summed E-state index contributed by atoms with van der Waals surface area (Å²) in [5, 5.41) is 16.1. The van der Waals surface area contributed by atoms with E-state index in [4.69, 9.17) is 14.4 Å². The zero-order valence-corrected chi connectivity index (χ0v) is 20.2. The number of halogens is 3. The molecular weight excluding hydrogens is 509 g/mol. The fourth-order valence-corrected chi connectivity index (χ4v) is 3.53. The third-order valence-electron chi connectivity index (χ3n) is 5.38. The fraction of sp³-hybridized carbons (Fsp3) is 0.280. The van der Waals surface area contributed by atoms with Crippen LogP contribution in [0.25, 0.3) is 11.3 Å². The molecule has 38 heavy (non-hydrogen) atoms. The van der Waals surface area contributed by atoms with E-state index in [9.17, 15) is 27.6 Å². The lowest BCUT2D eigenvalue weighted by molar-refractivity contribution is -0.137. The molecule has 3 aromatic rings. The predicted molar refractivity (Wildman–Crippen MR) is 128 cm³/mol. The van der Waals surface area contributed by atoms with Crippen LogP contribution < -0.4 is 10.7 Å². The van der Waals surface area contributed by atoms with Crippen molar-refractivity contribution in [1.82, 2.24) is 15.6 Å². The number of nitrogens with one attached hydrogen (secondary N) is 2. The molecule has 1 atom stereocenters. The van der Waals surface area contributed by atoms with Gasteiger partial charge in [-0.3, -0.25) is 19.9 Å². The van der Waals surface area contributed by atoms with Crippen molar-refractivity contribution in [3.8, 4) is 11.3 Å². The lowest BCUT2D eigenvalue weighted by Crippen LogP contribution is -2.50. The highest BCUT2D eigenvalue weighted by Crippen LogP contribution is 2.23. The molecule has 3 rings (SSSR count). The molecule has 0 radical (unpaired) electrons. The number of nitrogens with zero attached hydrogens (tertiary/aromatic N) is 2. The highest BCUT2D eigenvalue weighted by molar-refractivity contribution is 5.84. The van der Waals surface area contributed by atoms with Crippen LogP contribution in [0.4, 0.5) is 23.8 Å². The summed E-state index contributed by atoms with van der Waals surface area (Å²) >= 11 is 0. The maximum absolute atomic E-state index is 14.0. The van der Waals surface area contributed by atoms with E-state index in [0.29, 0.717) is 5.56 Å². The number of benzene rings is 2. The van der Waals surface area contributed by atoms with Gasteiger partial charge in [0.25, 0.3) is 0 Å². The van der Waals surface area contributed by atoms with E-state index in [1.54, 1.807) is 0 Å². The maximum Gasteiger partial charge on any atom is 0.412 e. The van der Waals surface area contributed by atoms with Gasteiger partial charge in [0.2, 0.25) is 5.91 Å². The molecule has 0 saturated heterocycles. The van der Waals surface area contributed by atoms with Crippen LogP contribution >= 0.6 is 0 Å². The number of aliphatic carboxylic acids is 1. The van der Waals surface area contributed by atoms with E-state index in [2.05, 4.69) is 15.9 Å². The summed E-state index contributed by atoms with van der Waals surface area (Å²) in [5.41, 5.74) is 3.19. The second-order valence-electron chi connectivity index (χ2n) is 8.18. The molecule has 2 aromatic carbocycles. The molecule has 0 bridgehead atoms. The van der Waals surface area contributed by atoms with Crippen LogP contribution in [-0.2, 0) is 20.9 Å². The Morgan fingerprint density at radius 1 is 1.13 bits per heavy atom. The monoisotopic (exact) mass is 534 g/mol. The maximum atomic E-state index is 14.0. The van der Waals surface area contributed by atoms with Crippen LogP contribution in [0.2, 0.25) is 0 Å². The van der Waals surface area contributed by atoms with E-state index in [0.717, 1.165) is 11.1 Å². The van der Waals surface area contributed by atoms with Crippen LogP contribution in [0.5, 0.6) is 0 Å². The van der Waals surface area contributed by atoms with Crippen molar-refractivity contribution in [1.29, 1.82) is 0 Å². The molecular formula is C25H25F3N4O6. The summed E-state index contributed by atoms with van der Waals surface area (Å²) in [6.07, 6.45) is -0.865. The Labute approximate surface area is 215 Å². The summed E-state index contributed by atoms with van der Waals surface area (Å²) in [4.78, 5) is 35.6. The zero-order chi connectivity index (χ0) is 27.7. The second kappa shape index (κ2) is 13.2. The molecule has 0 aliphatic carbocycles. The van der Waals surface area contributed by atoms with E-state index >= 15 is 0 Å². The van der Waals surface area contributed by atoms with Gasteiger partial charge in [0.15, 0.2) is 23.2 Å². The third-order valence-corrected chi connectivity index (χ3v) is 5.38. The average molecular weight is 534 g/mol. The number of carbonyl (C=O) groups excluding carboxylic acids is 2. The Morgan fingerprint density at radius 3 is 2.55 bits per heavy atom. The van der Waals surface area contributed by atoms with E-state index < -0.39 is 41.5 Å². The molecule has 1 heterocycles. The predicted octanol–water partition coefficient (Wildman–Crippen LogP) is 4.48. The van der Waals surface area contributed by atoms with E-state index in [-0.39, 0.29) is 49.6 Å². The Kier molecular flexibility index (Phi) is 9.82. The van der Waals surface area contributed by atoms with Crippen molar-refractivity contribution in [2.75, 3.05) is 11.9 Å². The Morgan fingerprint density at radius 2 is 1.87 bits per heavy atom. The first-order valence-corrected chi connectivity index (χ1v) is 11.5. The minimum Gasteiger partial charge on any atom is -0.481 e. The molecule has 13 heteroatoms. The van der Waals surface area contributed by atoms with Crippen molar-refractivity contribution in [3.63, 3.8) is 0 Å². The van der Waals surface area contributed by atoms with Gasteiger partial charge in [-0.05, 0) is 43.2 Å². The molecule has 10 nitrogen and oxygen atoms in total. The van der Waals surface area contributed by atoms with Gasteiger partial charge in [0, 0.05) is 37.1 Å². The zero-order valence-electron chi connectivity index (χ0n) is 20.2. The van der Waals surface area contributed by atoms with E-state index in [1.165, 1.54) is 49.4 Å². The Hall–Kier alpha value is -4.39. The van der Waals surface area contributed by atoms with Crippen LogP contribution in [0.3, 0.4) is 0 Å². The number of anilines is 1. The number of hydrogen-bond acceptors (Lipinski definition) is 7. The number of carbonyl (C=O) groups is 3. The summed E-state index contributed by atoms with van der Waals surface area (Å²) in [6.45, 7) is 0.605. The number of rotatable bonds is 12. The average Bonchev–Trinajstić information content (AvgIpc) is 3.33. The van der Waals surface area contributed by atoms with Crippen molar-refractivity contribution >= 4 is 23.8 Å². The van der Waals surface area contributed by atoms with Crippen LogP contribution in [0.1, 0.15) is 31.7 Å². The highest BCUT2D eigenvalue weighted by Gasteiger charge is 2.24. The smallest absolute Gasteiger partial charge is 0.412 e. The lowest BCUT2D eigenvalue weighted by atomic mass is 10.1. The number of amides is 2. The molecule has 0 fully saturated rings. The number of ether oxygens (including phenoxy) is 1. The number of carboxylic acid groups (broad SMARTS) is 1. The lowest BCUT2D eigenvalue weighted by Gasteiger charge is -2.31. The Balaban J connectivity index is 1.64. The first-order valence-electron chi connectivity index (χ1n) is 11.5. The van der Waals surface area contributed by atoms with Gasteiger partial charge in [0.05, 0.1) is 6.04 Å². The van der Waals surface area contributed by atoms with Crippen molar-refractivity contribution in [2.45, 2.75) is 38.8 Å². The molecule has 0 aliphatic heterocycles. The number of aromatic nitrogens is 1. The molecule has 0 aliphatic rings. The molecule has 0 unspecified atom stereocenters. The highest BCUT2D eigenvalue weighted by atomic mass is 19.2. The molecule has 1 aromatic heterocycles. The molecule has 202 valence electrons. The van der Waals surface area contributed by atoms with Gasteiger partial charge in [-0.15, -0.1) is 0 Å². The minimum atomic E-state index is -1.07. The van der Waals surface area contributed by atoms with E-state index in [1.807, 2.05) is 0 Å². The number of hydrazine groups is 1. The van der Waals surface area contributed by atoms with Gasteiger partial charge in [-0.25, -0.2) is 23.4 Å². The van der Waals surface area contributed by atoms with Crippen LogP contribution in [0.15, 0.2) is 53.1 Å². The van der Waals surface area contributed by atoms with Gasteiger partial charge in [-0.1, -0.05) is 17.3 Å². The SMILES string of the molecule is CC(=O)N(NCc1cccc(F)c1F)[C@@H](CCCC(=O)O)COC(=O)Nc1cc(-c2ccc(F)cc2)on1.